The number of amides is 1. The van der Waals surface area contributed by atoms with E-state index in [1.807, 2.05) is 6.92 Å². The van der Waals surface area contributed by atoms with Crippen molar-refractivity contribution >= 4 is 5.91 Å². The molecule has 0 unspecified atom stereocenters. The number of hydrogen-bond donors (Lipinski definition) is 2. The van der Waals surface area contributed by atoms with Crippen LogP contribution in [0.5, 0.6) is 0 Å². The lowest BCUT2D eigenvalue weighted by Crippen LogP contribution is -2.42. The predicted molar refractivity (Wildman–Crippen MR) is 37.7 cm³/mol. The molecule has 1 amide bonds. The summed E-state index contributed by atoms with van der Waals surface area (Å²) < 4.78 is 0. The molecule has 1 rings (SSSR count). The maximum atomic E-state index is 10.9. The van der Waals surface area contributed by atoms with Gasteiger partial charge < -0.3 is 16.0 Å². The van der Waals surface area contributed by atoms with Crippen molar-refractivity contribution in [1.29, 1.82) is 0 Å². The van der Waals surface area contributed by atoms with Crippen molar-refractivity contribution in [2.75, 3.05) is 13.2 Å². The number of rotatable bonds is 1. The summed E-state index contributed by atoms with van der Waals surface area (Å²) in [5, 5.41) is 2.91. The molecule has 0 spiro atoms. The number of nitrogens with one attached hydrogen (secondary N) is 1. The van der Waals surface area contributed by atoms with Crippen LogP contribution < -0.4 is 11.1 Å². The summed E-state index contributed by atoms with van der Waals surface area (Å²) in [7, 11) is 0. The molecule has 0 aromatic carbocycles. The van der Waals surface area contributed by atoms with Gasteiger partial charge in [-0.2, -0.15) is 0 Å². The topological polar surface area (TPSA) is 58.4 Å². The Kier molecular flexibility index (Phi) is 1.91. The van der Waals surface area contributed by atoms with Gasteiger partial charge >= 0.3 is 0 Å². The van der Waals surface area contributed by atoms with E-state index in [-0.39, 0.29) is 12.6 Å². The first kappa shape index (κ1) is 7.08. The van der Waals surface area contributed by atoms with Crippen molar-refractivity contribution in [2.45, 2.75) is 6.92 Å². The molecule has 1 heterocycles. The van der Waals surface area contributed by atoms with Gasteiger partial charge in [-0.05, 0) is 6.92 Å². The van der Waals surface area contributed by atoms with Crippen molar-refractivity contribution in [2.24, 2.45) is 5.73 Å². The Hall–Kier alpha value is -1.03. The van der Waals surface area contributed by atoms with Gasteiger partial charge in [0.1, 0.15) is 0 Å². The number of carbonyl (C=O) groups excluding carboxylic acids is 1. The molecule has 0 aliphatic carbocycles. The third-order valence-corrected chi connectivity index (χ3v) is 1.38. The minimum absolute atomic E-state index is 0.0214. The van der Waals surface area contributed by atoms with Crippen LogP contribution in [0.3, 0.4) is 0 Å². The Morgan fingerprint density at radius 2 is 2.60 bits per heavy atom. The SMILES string of the molecule is CC1=CN(CN)C(=O)CN1. The zero-order valence-corrected chi connectivity index (χ0v) is 5.92. The standard InChI is InChI=1S/C6H11N3O/c1-5-3-9(4-7)6(10)2-8-5/h3,8H,2,4,7H2,1H3. The van der Waals surface area contributed by atoms with Crippen LogP contribution in [0.25, 0.3) is 0 Å². The number of hydrogen-bond acceptors (Lipinski definition) is 3. The molecule has 4 heteroatoms. The van der Waals surface area contributed by atoms with Crippen LogP contribution >= 0.6 is 0 Å². The molecule has 0 atom stereocenters. The summed E-state index contributed by atoms with van der Waals surface area (Å²) in [6.45, 7) is 2.52. The number of allylic oxidation sites excluding steroid dienone is 1. The number of carbonyl (C=O) groups is 1. The second-order valence-electron chi connectivity index (χ2n) is 2.21. The maximum Gasteiger partial charge on any atom is 0.246 e. The molecule has 0 bridgehead atoms. The van der Waals surface area contributed by atoms with E-state index in [9.17, 15) is 4.79 Å². The first-order chi connectivity index (χ1) is 4.74. The second-order valence-corrected chi connectivity index (χ2v) is 2.21. The molecule has 4 nitrogen and oxygen atoms in total. The molecule has 0 aromatic heterocycles. The van der Waals surface area contributed by atoms with Gasteiger partial charge in [0.2, 0.25) is 5.91 Å². The second kappa shape index (κ2) is 2.70. The highest BCUT2D eigenvalue weighted by Gasteiger charge is 2.13. The minimum atomic E-state index is 0.0214. The van der Waals surface area contributed by atoms with Crippen LogP contribution in [0, 0.1) is 0 Å². The van der Waals surface area contributed by atoms with Gasteiger partial charge in [-0.3, -0.25) is 4.79 Å². The molecule has 0 fully saturated rings. The highest BCUT2D eigenvalue weighted by molar-refractivity contribution is 5.80. The van der Waals surface area contributed by atoms with Gasteiger partial charge in [0.05, 0.1) is 13.2 Å². The van der Waals surface area contributed by atoms with E-state index < -0.39 is 0 Å². The Morgan fingerprint density at radius 1 is 1.90 bits per heavy atom. The first-order valence-corrected chi connectivity index (χ1v) is 3.16. The summed E-state index contributed by atoms with van der Waals surface area (Å²) in [5.74, 6) is 0.0214. The summed E-state index contributed by atoms with van der Waals surface area (Å²) in [5.41, 5.74) is 6.27. The lowest BCUT2D eigenvalue weighted by atomic mass is 10.4. The van der Waals surface area contributed by atoms with Crippen LogP contribution in [0.4, 0.5) is 0 Å². The minimum Gasteiger partial charge on any atom is -0.379 e. The highest BCUT2D eigenvalue weighted by atomic mass is 16.2. The average Bonchev–Trinajstić information content (AvgIpc) is 1.94. The average molecular weight is 141 g/mol. The zero-order chi connectivity index (χ0) is 7.56. The molecule has 0 saturated carbocycles. The Morgan fingerprint density at radius 3 is 3.10 bits per heavy atom. The quantitative estimate of drug-likeness (QED) is 0.502. The van der Waals surface area contributed by atoms with E-state index in [2.05, 4.69) is 5.32 Å². The van der Waals surface area contributed by atoms with Gasteiger partial charge in [0.25, 0.3) is 0 Å². The summed E-state index contributed by atoms with van der Waals surface area (Å²) >= 11 is 0. The summed E-state index contributed by atoms with van der Waals surface area (Å²) in [6, 6.07) is 0. The molecular formula is C6H11N3O. The molecule has 56 valence electrons. The van der Waals surface area contributed by atoms with Gasteiger partial charge in [0, 0.05) is 11.9 Å². The van der Waals surface area contributed by atoms with E-state index >= 15 is 0 Å². The third kappa shape index (κ3) is 1.27. The number of nitrogens with two attached hydrogens (primary N) is 1. The summed E-state index contributed by atoms with van der Waals surface area (Å²) in [6.07, 6.45) is 1.71. The maximum absolute atomic E-state index is 10.9. The van der Waals surface area contributed by atoms with E-state index in [4.69, 9.17) is 5.73 Å². The Balaban J connectivity index is 2.68. The third-order valence-electron chi connectivity index (χ3n) is 1.38. The van der Waals surface area contributed by atoms with Crippen molar-refractivity contribution in [3.8, 4) is 0 Å². The van der Waals surface area contributed by atoms with Crippen molar-refractivity contribution in [1.82, 2.24) is 10.2 Å². The molecule has 1 aliphatic rings. The molecular weight excluding hydrogens is 130 g/mol. The fourth-order valence-corrected chi connectivity index (χ4v) is 0.822. The Bertz CT molecular complexity index is 176. The van der Waals surface area contributed by atoms with Crippen molar-refractivity contribution in [3.05, 3.63) is 11.9 Å². The lowest BCUT2D eigenvalue weighted by Gasteiger charge is -2.22. The van der Waals surface area contributed by atoms with Crippen molar-refractivity contribution < 1.29 is 4.79 Å². The fourth-order valence-electron chi connectivity index (χ4n) is 0.822. The molecule has 0 aromatic rings. The van der Waals surface area contributed by atoms with Gasteiger partial charge in [0.15, 0.2) is 0 Å². The van der Waals surface area contributed by atoms with E-state index in [1.54, 1.807) is 6.20 Å². The van der Waals surface area contributed by atoms with Gasteiger partial charge in [-0.25, -0.2) is 0 Å². The van der Waals surface area contributed by atoms with Crippen molar-refractivity contribution in [3.63, 3.8) is 0 Å². The monoisotopic (exact) mass is 141 g/mol. The molecule has 1 aliphatic heterocycles. The molecule has 0 saturated heterocycles. The zero-order valence-electron chi connectivity index (χ0n) is 5.92. The largest absolute Gasteiger partial charge is 0.379 e. The van der Waals surface area contributed by atoms with E-state index in [0.717, 1.165) is 5.70 Å². The predicted octanol–water partition coefficient (Wildman–Crippen LogP) is -0.804. The van der Waals surface area contributed by atoms with Crippen LogP contribution in [-0.2, 0) is 4.79 Å². The highest BCUT2D eigenvalue weighted by Crippen LogP contribution is 1.98. The van der Waals surface area contributed by atoms with Crippen LogP contribution in [-0.4, -0.2) is 24.0 Å². The normalized spacial score (nSPS) is 18.4. The molecule has 10 heavy (non-hydrogen) atoms. The first-order valence-electron chi connectivity index (χ1n) is 3.16. The smallest absolute Gasteiger partial charge is 0.246 e. The van der Waals surface area contributed by atoms with Crippen LogP contribution in [0.15, 0.2) is 11.9 Å². The summed E-state index contributed by atoms with van der Waals surface area (Å²) in [4.78, 5) is 12.4. The van der Waals surface area contributed by atoms with Gasteiger partial charge in [-0.1, -0.05) is 0 Å². The van der Waals surface area contributed by atoms with Crippen LogP contribution in [0.2, 0.25) is 0 Å². The fraction of sp³-hybridized carbons (Fsp3) is 0.500. The number of nitrogens with zero attached hydrogens (tertiary/aromatic N) is 1. The molecule has 0 radical (unpaired) electrons. The molecule has 3 N–H and O–H groups in total. The lowest BCUT2D eigenvalue weighted by molar-refractivity contribution is -0.128. The van der Waals surface area contributed by atoms with E-state index in [0.29, 0.717) is 6.54 Å². The Labute approximate surface area is 59.7 Å². The van der Waals surface area contributed by atoms with Crippen LogP contribution in [0.1, 0.15) is 6.92 Å². The van der Waals surface area contributed by atoms with E-state index in [1.165, 1.54) is 4.90 Å². The van der Waals surface area contributed by atoms with Gasteiger partial charge in [-0.15, -0.1) is 0 Å².